The predicted molar refractivity (Wildman–Crippen MR) is 67.3 cm³/mol. The van der Waals surface area contributed by atoms with Crippen LogP contribution in [0.3, 0.4) is 0 Å². The number of ether oxygens (including phenoxy) is 1. The van der Waals surface area contributed by atoms with Crippen molar-refractivity contribution in [1.82, 2.24) is 9.80 Å². The lowest BCUT2D eigenvalue weighted by molar-refractivity contribution is 0.0279. The standard InChI is InChI=1S/C14H22N2O2/c1-13(2,3)18-12(17)15-7-11-14(8-15)6-10(14)16(11)9-4-5-9/h9-11H,4-8H2,1-3H3. The monoisotopic (exact) mass is 250 g/mol. The van der Waals surface area contributed by atoms with Crippen molar-refractivity contribution in [1.29, 1.82) is 0 Å². The van der Waals surface area contributed by atoms with Crippen LogP contribution in [0.25, 0.3) is 0 Å². The largest absolute Gasteiger partial charge is 0.444 e. The maximum atomic E-state index is 12.1. The summed E-state index contributed by atoms with van der Waals surface area (Å²) in [6.45, 7) is 7.63. The molecule has 1 amide bonds. The van der Waals surface area contributed by atoms with E-state index in [1.807, 2.05) is 25.7 Å². The van der Waals surface area contributed by atoms with Gasteiger partial charge in [-0.15, -0.1) is 0 Å². The molecule has 18 heavy (non-hydrogen) atoms. The summed E-state index contributed by atoms with van der Waals surface area (Å²) in [6.07, 6.45) is 3.94. The van der Waals surface area contributed by atoms with E-state index in [0.29, 0.717) is 11.5 Å². The molecule has 2 saturated heterocycles. The molecule has 0 aromatic carbocycles. The van der Waals surface area contributed by atoms with Crippen molar-refractivity contribution in [3.05, 3.63) is 0 Å². The van der Waals surface area contributed by atoms with Crippen LogP contribution in [0, 0.1) is 5.41 Å². The normalized spacial score (nSPS) is 42.1. The Morgan fingerprint density at radius 2 is 2.00 bits per heavy atom. The van der Waals surface area contributed by atoms with E-state index < -0.39 is 0 Å². The number of hydrogen-bond donors (Lipinski definition) is 0. The van der Waals surface area contributed by atoms with E-state index in [1.165, 1.54) is 19.3 Å². The Kier molecular flexibility index (Phi) is 1.87. The minimum atomic E-state index is -0.379. The third kappa shape index (κ3) is 1.38. The number of rotatable bonds is 1. The van der Waals surface area contributed by atoms with Gasteiger partial charge in [0.1, 0.15) is 5.60 Å². The first-order chi connectivity index (χ1) is 8.41. The van der Waals surface area contributed by atoms with Gasteiger partial charge in [-0.1, -0.05) is 0 Å². The van der Waals surface area contributed by atoms with Crippen LogP contribution in [0.1, 0.15) is 40.0 Å². The second-order valence-corrected chi connectivity index (χ2v) is 7.51. The van der Waals surface area contributed by atoms with Gasteiger partial charge in [0, 0.05) is 36.6 Å². The first-order valence-corrected chi connectivity index (χ1v) is 7.16. The zero-order chi connectivity index (χ0) is 12.7. The van der Waals surface area contributed by atoms with Crippen LogP contribution in [-0.4, -0.2) is 52.7 Å². The minimum Gasteiger partial charge on any atom is -0.444 e. The van der Waals surface area contributed by atoms with E-state index in [0.717, 1.165) is 25.2 Å². The second-order valence-electron chi connectivity index (χ2n) is 7.51. The molecule has 2 aliphatic carbocycles. The Morgan fingerprint density at radius 1 is 1.28 bits per heavy atom. The first kappa shape index (κ1) is 11.1. The highest BCUT2D eigenvalue weighted by molar-refractivity contribution is 5.69. The fourth-order valence-electron chi connectivity index (χ4n) is 4.02. The van der Waals surface area contributed by atoms with Gasteiger partial charge in [-0.25, -0.2) is 4.79 Å². The van der Waals surface area contributed by atoms with Crippen LogP contribution < -0.4 is 0 Å². The average molecular weight is 250 g/mol. The molecule has 4 fully saturated rings. The van der Waals surface area contributed by atoms with Crippen LogP contribution in [0.5, 0.6) is 0 Å². The number of carbonyl (C=O) groups excluding carboxylic acids is 1. The van der Waals surface area contributed by atoms with Gasteiger partial charge in [-0.2, -0.15) is 0 Å². The molecular formula is C14H22N2O2. The molecule has 4 rings (SSSR count). The van der Waals surface area contributed by atoms with E-state index in [9.17, 15) is 4.79 Å². The van der Waals surface area contributed by atoms with Gasteiger partial charge < -0.3 is 9.64 Å². The maximum Gasteiger partial charge on any atom is 0.410 e. The van der Waals surface area contributed by atoms with E-state index in [-0.39, 0.29) is 11.7 Å². The Bertz CT molecular complexity index is 413. The van der Waals surface area contributed by atoms with Crippen molar-refractivity contribution >= 4 is 6.09 Å². The van der Waals surface area contributed by atoms with E-state index in [4.69, 9.17) is 4.74 Å². The van der Waals surface area contributed by atoms with Gasteiger partial charge in [-0.05, 0) is 40.0 Å². The summed E-state index contributed by atoms with van der Waals surface area (Å²) in [7, 11) is 0. The molecule has 2 aliphatic heterocycles. The van der Waals surface area contributed by atoms with Crippen LogP contribution in [0.15, 0.2) is 0 Å². The number of hydrogen-bond acceptors (Lipinski definition) is 3. The Labute approximate surface area is 108 Å². The number of likely N-dealkylation sites (tertiary alicyclic amines) is 2. The second kappa shape index (κ2) is 3.03. The molecule has 3 unspecified atom stereocenters. The number of carbonyl (C=O) groups is 1. The van der Waals surface area contributed by atoms with E-state index >= 15 is 0 Å². The van der Waals surface area contributed by atoms with Crippen molar-refractivity contribution in [3.8, 4) is 0 Å². The lowest BCUT2D eigenvalue weighted by Crippen LogP contribution is -2.56. The van der Waals surface area contributed by atoms with E-state index in [1.54, 1.807) is 0 Å². The SMILES string of the molecule is CC(C)(C)OC(=O)N1CC2N(C3CC3)C3CC23C1. The van der Waals surface area contributed by atoms with Gasteiger partial charge in [0.25, 0.3) is 0 Å². The van der Waals surface area contributed by atoms with Crippen molar-refractivity contribution in [2.24, 2.45) is 5.41 Å². The third-order valence-corrected chi connectivity index (χ3v) is 4.96. The van der Waals surface area contributed by atoms with Gasteiger partial charge in [0.15, 0.2) is 0 Å². The molecule has 0 bridgehead atoms. The fraction of sp³-hybridized carbons (Fsp3) is 0.929. The van der Waals surface area contributed by atoms with E-state index in [2.05, 4.69) is 4.90 Å². The molecule has 0 aromatic rings. The summed E-state index contributed by atoms with van der Waals surface area (Å²) in [5.41, 5.74) is 0.0923. The molecular weight excluding hydrogens is 228 g/mol. The minimum absolute atomic E-state index is 0.118. The molecule has 4 heteroatoms. The smallest absolute Gasteiger partial charge is 0.410 e. The topological polar surface area (TPSA) is 32.8 Å². The summed E-state index contributed by atoms with van der Waals surface area (Å²) in [5, 5.41) is 0. The molecule has 0 radical (unpaired) electrons. The summed E-state index contributed by atoms with van der Waals surface area (Å²) in [5.74, 6) is 0. The number of amides is 1. The van der Waals surface area contributed by atoms with Crippen LogP contribution in [-0.2, 0) is 4.74 Å². The summed E-state index contributed by atoms with van der Waals surface area (Å²) in [4.78, 5) is 16.7. The van der Waals surface area contributed by atoms with Crippen molar-refractivity contribution in [3.63, 3.8) is 0 Å². The predicted octanol–water partition coefficient (Wildman–Crippen LogP) is 1.84. The van der Waals surface area contributed by atoms with Gasteiger partial charge >= 0.3 is 6.09 Å². The summed E-state index contributed by atoms with van der Waals surface area (Å²) < 4.78 is 5.49. The highest BCUT2D eigenvalue weighted by Gasteiger charge is 2.78. The van der Waals surface area contributed by atoms with Gasteiger partial charge in [0.2, 0.25) is 0 Å². The Balaban J connectivity index is 1.43. The van der Waals surface area contributed by atoms with Gasteiger partial charge in [0.05, 0.1) is 0 Å². The molecule has 2 saturated carbocycles. The molecule has 1 spiro atoms. The third-order valence-electron chi connectivity index (χ3n) is 4.96. The molecule has 100 valence electrons. The summed E-state index contributed by atoms with van der Waals surface area (Å²) in [6, 6.07) is 2.28. The lowest BCUT2D eigenvalue weighted by Gasteiger charge is -2.43. The van der Waals surface area contributed by atoms with Gasteiger partial charge in [-0.3, -0.25) is 4.90 Å². The highest BCUT2D eigenvalue weighted by atomic mass is 16.6. The lowest BCUT2D eigenvalue weighted by atomic mass is 9.90. The van der Waals surface area contributed by atoms with Crippen LogP contribution >= 0.6 is 0 Å². The zero-order valence-corrected chi connectivity index (χ0v) is 11.5. The van der Waals surface area contributed by atoms with Crippen LogP contribution in [0.4, 0.5) is 4.79 Å². The molecule has 4 nitrogen and oxygen atoms in total. The number of nitrogens with zero attached hydrogens (tertiary/aromatic N) is 2. The fourth-order valence-corrected chi connectivity index (χ4v) is 4.02. The van der Waals surface area contributed by atoms with Crippen molar-refractivity contribution < 1.29 is 9.53 Å². The quantitative estimate of drug-likeness (QED) is 0.712. The van der Waals surface area contributed by atoms with Crippen LogP contribution in [0.2, 0.25) is 0 Å². The molecule has 4 aliphatic rings. The molecule has 0 aromatic heterocycles. The summed E-state index contributed by atoms with van der Waals surface area (Å²) >= 11 is 0. The highest BCUT2D eigenvalue weighted by Crippen LogP contribution is 2.68. The molecule has 3 atom stereocenters. The Hall–Kier alpha value is -0.770. The maximum absolute atomic E-state index is 12.1. The van der Waals surface area contributed by atoms with Crippen molar-refractivity contribution in [2.75, 3.05) is 13.1 Å². The Morgan fingerprint density at radius 3 is 2.61 bits per heavy atom. The van der Waals surface area contributed by atoms with Crippen molar-refractivity contribution in [2.45, 2.75) is 63.8 Å². The molecule has 2 heterocycles. The molecule has 0 N–H and O–H groups in total. The first-order valence-electron chi connectivity index (χ1n) is 7.16. The zero-order valence-electron chi connectivity index (χ0n) is 11.5. The average Bonchev–Trinajstić information content (AvgIpc) is 3.04.